The summed E-state index contributed by atoms with van der Waals surface area (Å²) in [6, 6.07) is 2.64. The van der Waals surface area contributed by atoms with Crippen LogP contribution < -0.4 is 15.2 Å². The van der Waals surface area contributed by atoms with Crippen molar-refractivity contribution in [2.45, 2.75) is 25.8 Å². The minimum Gasteiger partial charge on any atom is -0.454 e. The van der Waals surface area contributed by atoms with Crippen LogP contribution in [0.5, 0.6) is 11.5 Å². The lowest BCUT2D eigenvalue weighted by atomic mass is 10.0. The molecule has 2 N–H and O–H groups in total. The molecule has 1 aliphatic heterocycles. The lowest BCUT2D eigenvalue weighted by Crippen LogP contribution is -2.12. The SMILES string of the molecule is CCC[C@@H](N)c1cc2c(cc1[N+](=O)[O-])OCO2.Cl. The van der Waals surface area contributed by atoms with Gasteiger partial charge in [0, 0.05) is 6.04 Å². The van der Waals surface area contributed by atoms with Crippen LogP contribution in [0.2, 0.25) is 0 Å². The van der Waals surface area contributed by atoms with Gasteiger partial charge in [-0.05, 0) is 12.5 Å². The smallest absolute Gasteiger partial charge is 0.278 e. The van der Waals surface area contributed by atoms with Gasteiger partial charge in [-0.25, -0.2) is 0 Å². The Morgan fingerprint density at radius 3 is 2.61 bits per heavy atom. The molecule has 1 aromatic carbocycles. The van der Waals surface area contributed by atoms with Gasteiger partial charge < -0.3 is 15.2 Å². The highest BCUT2D eigenvalue weighted by atomic mass is 35.5. The minimum absolute atomic E-state index is 0. The van der Waals surface area contributed by atoms with Crippen LogP contribution in [-0.2, 0) is 0 Å². The summed E-state index contributed by atoms with van der Waals surface area (Å²) in [4.78, 5) is 10.5. The first kappa shape index (κ1) is 14.5. The average Bonchev–Trinajstić information content (AvgIpc) is 2.74. The number of nitrogens with two attached hydrogens (primary N) is 1. The van der Waals surface area contributed by atoms with Crippen LogP contribution >= 0.6 is 12.4 Å². The zero-order valence-corrected chi connectivity index (χ0v) is 10.7. The molecule has 0 spiro atoms. The molecule has 0 saturated carbocycles. The second-order valence-corrected chi connectivity index (χ2v) is 3.92. The molecule has 0 saturated heterocycles. The third kappa shape index (κ3) is 2.65. The van der Waals surface area contributed by atoms with Crippen LogP contribution in [0.25, 0.3) is 0 Å². The predicted molar refractivity (Wildman–Crippen MR) is 68.3 cm³/mol. The topological polar surface area (TPSA) is 87.6 Å². The Morgan fingerprint density at radius 1 is 1.44 bits per heavy atom. The summed E-state index contributed by atoms with van der Waals surface area (Å²) in [5.74, 6) is 0.932. The lowest BCUT2D eigenvalue weighted by molar-refractivity contribution is -0.385. The summed E-state index contributed by atoms with van der Waals surface area (Å²) < 4.78 is 10.3. The van der Waals surface area contributed by atoms with Crippen molar-refractivity contribution >= 4 is 18.1 Å². The van der Waals surface area contributed by atoms with E-state index in [1.807, 2.05) is 6.92 Å². The van der Waals surface area contributed by atoms with E-state index in [1.54, 1.807) is 6.07 Å². The van der Waals surface area contributed by atoms with Gasteiger partial charge in [0.05, 0.1) is 16.6 Å². The van der Waals surface area contributed by atoms with Gasteiger partial charge in [-0.3, -0.25) is 10.1 Å². The molecular formula is C11H15ClN2O4. The Kier molecular flexibility index (Phi) is 4.75. The van der Waals surface area contributed by atoms with E-state index in [4.69, 9.17) is 15.2 Å². The normalized spacial score (nSPS) is 13.9. The van der Waals surface area contributed by atoms with Crippen molar-refractivity contribution in [1.82, 2.24) is 0 Å². The molecule has 0 fully saturated rings. The third-order valence-electron chi connectivity index (χ3n) is 2.72. The van der Waals surface area contributed by atoms with Crippen molar-refractivity contribution < 1.29 is 14.4 Å². The van der Waals surface area contributed by atoms with Gasteiger partial charge in [0.15, 0.2) is 11.5 Å². The van der Waals surface area contributed by atoms with E-state index in [2.05, 4.69) is 0 Å². The molecule has 0 amide bonds. The zero-order chi connectivity index (χ0) is 12.4. The van der Waals surface area contributed by atoms with E-state index in [9.17, 15) is 10.1 Å². The number of nitrogens with zero attached hydrogens (tertiary/aromatic N) is 1. The number of nitro benzene ring substituents is 1. The summed E-state index contributed by atoms with van der Waals surface area (Å²) in [6.07, 6.45) is 1.56. The Labute approximate surface area is 111 Å². The highest BCUT2D eigenvalue weighted by Gasteiger charge is 2.25. The molecule has 0 unspecified atom stereocenters. The quantitative estimate of drug-likeness (QED) is 0.673. The van der Waals surface area contributed by atoms with E-state index < -0.39 is 4.92 Å². The lowest BCUT2D eigenvalue weighted by Gasteiger charge is -2.11. The highest BCUT2D eigenvalue weighted by molar-refractivity contribution is 5.85. The maximum Gasteiger partial charge on any atom is 0.278 e. The molecule has 6 nitrogen and oxygen atoms in total. The number of benzene rings is 1. The molecule has 1 heterocycles. The van der Waals surface area contributed by atoms with Gasteiger partial charge in [0.1, 0.15) is 0 Å². The Hall–Kier alpha value is -1.53. The van der Waals surface area contributed by atoms with Crippen LogP contribution in [0.4, 0.5) is 5.69 Å². The maximum absolute atomic E-state index is 11.0. The van der Waals surface area contributed by atoms with E-state index in [0.717, 1.165) is 6.42 Å². The van der Waals surface area contributed by atoms with Gasteiger partial charge in [-0.2, -0.15) is 0 Å². The second kappa shape index (κ2) is 5.88. The standard InChI is InChI=1S/C11H14N2O4.ClH/c1-2-3-8(12)7-4-10-11(17-6-16-10)5-9(7)13(14)15;/h4-5,8H,2-3,6,12H2,1H3;1H/t8-;/m1./s1. The molecule has 0 radical (unpaired) electrons. The van der Waals surface area contributed by atoms with Crippen molar-refractivity contribution in [2.24, 2.45) is 5.73 Å². The largest absolute Gasteiger partial charge is 0.454 e. The molecule has 100 valence electrons. The van der Waals surface area contributed by atoms with Crippen LogP contribution in [0, 0.1) is 10.1 Å². The summed E-state index contributed by atoms with van der Waals surface area (Å²) in [7, 11) is 0. The molecule has 2 rings (SSSR count). The van der Waals surface area contributed by atoms with Gasteiger partial charge in [-0.15, -0.1) is 12.4 Å². The van der Waals surface area contributed by atoms with Gasteiger partial charge in [0.2, 0.25) is 6.79 Å². The fourth-order valence-electron chi connectivity index (χ4n) is 1.87. The van der Waals surface area contributed by atoms with Crippen LogP contribution in [0.3, 0.4) is 0 Å². The zero-order valence-electron chi connectivity index (χ0n) is 9.92. The third-order valence-corrected chi connectivity index (χ3v) is 2.72. The number of hydrogen-bond donors (Lipinski definition) is 1. The van der Waals surface area contributed by atoms with Crippen LogP contribution in [-0.4, -0.2) is 11.7 Å². The Balaban J connectivity index is 0.00000162. The van der Waals surface area contributed by atoms with Crippen molar-refractivity contribution in [1.29, 1.82) is 0 Å². The fourth-order valence-corrected chi connectivity index (χ4v) is 1.87. The van der Waals surface area contributed by atoms with E-state index in [-0.39, 0.29) is 30.9 Å². The second-order valence-electron chi connectivity index (χ2n) is 3.92. The van der Waals surface area contributed by atoms with Crippen LogP contribution in [0.1, 0.15) is 31.4 Å². The first-order valence-corrected chi connectivity index (χ1v) is 5.47. The molecular weight excluding hydrogens is 260 g/mol. The van der Waals surface area contributed by atoms with Crippen molar-refractivity contribution in [2.75, 3.05) is 6.79 Å². The molecule has 0 bridgehead atoms. The van der Waals surface area contributed by atoms with Crippen molar-refractivity contribution in [3.05, 3.63) is 27.8 Å². The number of ether oxygens (including phenoxy) is 2. The monoisotopic (exact) mass is 274 g/mol. The number of rotatable bonds is 4. The first-order valence-electron chi connectivity index (χ1n) is 5.47. The molecule has 1 aliphatic rings. The highest BCUT2D eigenvalue weighted by Crippen LogP contribution is 2.40. The van der Waals surface area contributed by atoms with E-state index in [0.29, 0.717) is 23.5 Å². The summed E-state index contributed by atoms with van der Waals surface area (Å²) >= 11 is 0. The minimum atomic E-state index is -0.438. The molecule has 0 aromatic heterocycles. The summed E-state index contributed by atoms with van der Waals surface area (Å²) in [5.41, 5.74) is 6.43. The number of halogens is 1. The number of nitro groups is 1. The van der Waals surface area contributed by atoms with E-state index in [1.165, 1.54) is 6.07 Å². The van der Waals surface area contributed by atoms with Gasteiger partial charge >= 0.3 is 0 Å². The van der Waals surface area contributed by atoms with Crippen LogP contribution in [0.15, 0.2) is 12.1 Å². The van der Waals surface area contributed by atoms with Crippen molar-refractivity contribution in [3.63, 3.8) is 0 Å². The number of fused-ring (bicyclic) bond motifs is 1. The maximum atomic E-state index is 11.0. The van der Waals surface area contributed by atoms with E-state index >= 15 is 0 Å². The number of hydrogen-bond acceptors (Lipinski definition) is 5. The summed E-state index contributed by atoms with van der Waals surface area (Å²) in [6.45, 7) is 2.08. The van der Waals surface area contributed by atoms with Gasteiger partial charge in [-0.1, -0.05) is 13.3 Å². The molecule has 1 atom stereocenters. The average molecular weight is 275 g/mol. The molecule has 1 aromatic rings. The Morgan fingerprint density at radius 2 is 2.06 bits per heavy atom. The van der Waals surface area contributed by atoms with Crippen molar-refractivity contribution in [3.8, 4) is 11.5 Å². The predicted octanol–water partition coefficient (Wildman–Crippen LogP) is 2.55. The molecule has 0 aliphatic carbocycles. The van der Waals surface area contributed by atoms with Gasteiger partial charge in [0.25, 0.3) is 5.69 Å². The fraction of sp³-hybridized carbons (Fsp3) is 0.455. The summed E-state index contributed by atoms with van der Waals surface area (Å²) in [5, 5.41) is 11.0. The Bertz CT molecular complexity index is 453. The first-order chi connectivity index (χ1) is 8.13. The molecule has 18 heavy (non-hydrogen) atoms. The molecule has 7 heteroatoms.